The van der Waals surface area contributed by atoms with Crippen LogP contribution >= 0.6 is 0 Å². The van der Waals surface area contributed by atoms with Crippen molar-refractivity contribution in [2.75, 3.05) is 12.4 Å². The van der Waals surface area contributed by atoms with E-state index in [1.54, 1.807) is 13.4 Å². The first-order valence-corrected chi connectivity index (χ1v) is 9.21. The van der Waals surface area contributed by atoms with Crippen LogP contribution in [0.1, 0.15) is 31.4 Å². The van der Waals surface area contributed by atoms with E-state index in [0.29, 0.717) is 12.1 Å². The number of ether oxygens (including phenoxy) is 1. The van der Waals surface area contributed by atoms with Crippen LogP contribution in [0.2, 0.25) is 0 Å². The molecule has 2 saturated heterocycles. The van der Waals surface area contributed by atoms with Gasteiger partial charge in [0.15, 0.2) is 0 Å². The van der Waals surface area contributed by atoms with Gasteiger partial charge in [-0.1, -0.05) is 6.07 Å². The van der Waals surface area contributed by atoms with Gasteiger partial charge in [0.2, 0.25) is 0 Å². The summed E-state index contributed by atoms with van der Waals surface area (Å²) in [5.41, 5.74) is 0.736. The minimum atomic E-state index is -0.151. The number of nitrogens with zero attached hydrogens (tertiary/aromatic N) is 1. The fourth-order valence-corrected chi connectivity index (χ4v) is 4.29. The Hall–Kier alpha value is -2.47. The second kappa shape index (κ2) is 7.41. The monoisotopic (exact) mass is 355 g/mol. The molecule has 0 saturated carbocycles. The zero-order valence-electron chi connectivity index (χ0n) is 15.0. The fraction of sp³-hybridized carbons (Fsp3) is 0.450. The van der Waals surface area contributed by atoms with E-state index in [9.17, 15) is 4.79 Å². The van der Waals surface area contributed by atoms with Crippen LogP contribution in [-0.4, -0.2) is 36.2 Å². The summed E-state index contributed by atoms with van der Waals surface area (Å²) in [6.45, 7) is 0.866. The lowest BCUT2D eigenvalue weighted by atomic mass is 9.97. The van der Waals surface area contributed by atoms with Gasteiger partial charge in [0.05, 0.1) is 19.9 Å². The van der Waals surface area contributed by atoms with Crippen molar-refractivity contribution >= 4 is 11.7 Å². The maximum Gasteiger partial charge on any atom is 0.319 e. The van der Waals surface area contributed by atoms with Crippen molar-refractivity contribution in [3.8, 4) is 5.75 Å². The molecule has 2 fully saturated rings. The Labute approximate surface area is 153 Å². The number of methoxy groups -OCH3 is 1. The van der Waals surface area contributed by atoms with Crippen molar-refractivity contribution in [3.05, 3.63) is 48.4 Å². The molecule has 6 nitrogen and oxygen atoms in total. The number of carbonyl (C=O) groups excluding carboxylic acids is 1. The molecule has 3 atom stereocenters. The maximum absolute atomic E-state index is 12.4. The summed E-state index contributed by atoms with van der Waals surface area (Å²) in [5.74, 6) is 1.75. The lowest BCUT2D eigenvalue weighted by Gasteiger charge is -2.38. The van der Waals surface area contributed by atoms with E-state index in [2.05, 4.69) is 15.5 Å². The Morgan fingerprint density at radius 1 is 1.23 bits per heavy atom. The number of hydrogen-bond acceptors (Lipinski definition) is 4. The topological polar surface area (TPSA) is 66.7 Å². The summed E-state index contributed by atoms with van der Waals surface area (Å²) in [6, 6.07) is 12.5. The highest BCUT2D eigenvalue weighted by Gasteiger charge is 2.41. The van der Waals surface area contributed by atoms with Gasteiger partial charge in [0.1, 0.15) is 11.5 Å². The molecule has 0 radical (unpaired) electrons. The van der Waals surface area contributed by atoms with Crippen LogP contribution in [0.5, 0.6) is 5.75 Å². The average Bonchev–Trinajstić information content (AvgIpc) is 3.22. The van der Waals surface area contributed by atoms with E-state index in [4.69, 9.17) is 9.15 Å². The van der Waals surface area contributed by atoms with E-state index in [0.717, 1.165) is 36.6 Å². The Morgan fingerprint density at radius 3 is 2.73 bits per heavy atom. The molecular formula is C20H25N3O3. The first kappa shape index (κ1) is 17.0. The number of piperidine rings is 1. The van der Waals surface area contributed by atoms with Crippen LogP contribution in [0.25, 0.3) is 0 Å². The number of carbonyl (C=O) groups is 1. The van der Waals surface area contributed by atoms with Crippen LogP contribution in [0, 0.1) is 0 Å². The third kappa shape index (κ3) is 3.70. The van der Waals surface area contributed by atoms with Gasteiger partial charge in [0, 0.05) is 29.9 Å². The van der Waals surface area contributed by atoms with E-state index in [-0.39, 0.29) is 12.1 Å². The first-order valence-electron chi connectivity index (χ1n) is 9.21. The SMILES string of the molecule is COc1cccc(NC(=O)NC2C[C@H]3CC[C@@H](C2)N3Cc2ccco2)c1. The fourth-order valence-electron chi connectivity index (χ4n) is 4.29. The molecule has 2 bridgehead atoms. The summed E-state index contributed by atoms with van der Waals surface area (Å²) in [7, 11) is 1.62. The van der Waals surface area contributed by atoms with Crippen molar-refractivity contribution in [3.63, 3.8) is 0 Å². The number of rotatable bonds is 5. The van der Waals surface area contributed by atoms with E-state index in [1.165, 1.54) is 12.8 Å². The lowest BCUT2D eigenvalue weighted by molar-refractivity contribution is 0.104. The normalized spacial score (nSPS) is 25.0. The second-order valence-electron chi connectivity index (χ2n) is 7.14. The minimum absolute atomic E-state index is 0.151. The highest BCUT2D eigenvalue weighted by molar-refractivity contribution is 5.89. The minimum Gasteiger partial charge on any atom is -0.497 e. The van der Waals surface area contributed by atoms with Crippen molar-refractivity contribution in [1.29, 1.82) is 0 Å². The maximum atomic E-state index is 12.4. The van der Waals surface area contributed by atoms with E-state index >= 15 is 0 Å². The summed E-state index contributed by atoms with van der Waals surface area (Å²) < 4.78 is 10.7. The summed E-state index contributed by atoms with van der Waals surface area (Å²) in [4.78, 5) is 14.9. The van der Waals surface area contributed by atoms with Gasteiger partial charge in [-0.2, -0.15) is 0 Å². The quantitative estimate of drug-likeness (QED) is 0.860. The molecule has 1 unspecified atom stereocenters. The number of anilines is 1. The van der Waals surface area contributed by atoms with Crippen LogP contribution < -0.4 is 15.4 Å². The number of benzene rings is 1. The van der Waals surface area contributed by atoms with Crippen LogP contribution in [0.3, 0.4) is 0 Å². The van der Waals surface area contributed by atoms with Gasteiger partial charge in [-0.15, -0.1) is 0 Å². The van der Waals surface area contributed by atoms with Crippen molar-refractivity contribution in [1.82, 2.24) is 10.2 Å². The molecule has 2 N–H and O–H groups in total. The Balaban J connectivity index is 1.32. The largest absolute Gasteiger partial charge is 0.497 e. The summed E-state index contributed by atoms with van der Waals surface area (Å²) in [5, 5.41) is 6.05. The molecule has 2 amide bonds. The van der Waals surface area contributed by atoms with E-state index in [1.807, 2.05) is 36.4 Å². The molecule has 1 aromatic carbocycles. The molecule has 1 aromatic heterocycles. The number of nitrogens with one attached hydrogen (secondary N) is 2. The molecule has 2 aromatic rings. The zero-order chi connectivity index (χ0) is 17.9. The van der Waals surface area contributed by atoms with Crippen molar-refractivity contribution < 1.29 is 13.9 Å². The molecule has 2 aliphatic heterocycles. The number of furan rings is 1. The molecule has 4 rings (SSSR count). The Morgan fingerprint density at radius 2 is 2.04 bits per heavy atom. The highest BCUT2D eigenvalue weighted by Crippen LogP contribution is 2.36. The van der Waals surface area contributed by atoms with Crippen molar-refractivity contribution in [2.24, 2.45) is 0 Å². The first-order chi connectivity index (χ1) is 12.7. The van der Waals surface area contributed by atoms with Gasteiger partial charge >= 0.3 is 6.03 Å². The standard InChI is InChI=1S/C20H25N3O3/c1-25-18-5-2-4-14(12-18)21-20(24)22-15-10-16-7-8-17(11-15)23(16)13-19-6-3-9-26-19/h2-6,9,12,15-17H,7-8,10-11,13H2,1H3,(H2,21,22,24)/t15?,16-,17+. The molecule has 6 heteroatoms. The molecule has 3 heterocycles. The van der Waals surface area contributed by atoms with Gasteiger partial charge in [-0.05, 0) is 49.9 Å². The van der Waals surface area contributed by atoms with Gasteiger partial charge in [-0.3, -0.25) is 4.90 Å². The summed E-state index contributed by atoms with van der Waals surface area (Å²) in [6.07, 6.45) is 6.10. The van der Waals surface area contributed by atoms with Gasteiger partial charge in [-0.25, -0.2) is 4.79 Å². The Bertz CT molecular complexity index is 733. The van der Waals surface area contributed by atoms with Crippen LogP contribution in [0.4, 0.5) is 10.5 Å². The molecular weight excluding hydrogens is 330 g/mol. The zero-order valence-corrected chi connectivity index (χ0v) is 15.0. The molecule has 0 spiro atoms. The average molecular weight is 355 g/mol. The van der Waals surface area contributed by atoms with E-state index < -0.39 is 0 Å². The highest BCUT2D eigenvalue weighted by atomic mass is 16.5. The number of urea groups is 1. The second-order valence-corrected chi connectivity index (χ2v) is 7.14. The third-order valence-corrected chi connectivity index (χ3v) is 5.47. The van der Waals surface area contributed by atoms with Crippen molar-refractivity contribution in [2.45, 2.75) is 50.4 Å². The third-order valence-electron chi connectivity index (χ3n) is 5.47. The van der Waals surface area contributed by atoms with Crippen LogP contribution in [-0.2, 0) is 6.54 Å². The molecule has 26 heavy (non-hydrogen) atoms. The predicted octanol–water partition coefficient (Wildman–Crippen LogP) is 3.61. The van der Waals surface area contributed by atoms with Gasteiger partial charge in [0.25, 0.3) is 0 Å². The lowest BCUT2D eigenvalue weighted by Crippen LogP contribution is -2.50. The molecule has 138 valence electrons. The summed E-state index contributed by atoms with van der Waals surface area (Å²) >= 11 is 0. The number of amides is 2. The Kier molecular flexibility index (Phi) is 4.84. The molecule has 2 aliphatic rings. The number of fused-ring (bicyclic) bond motifs is 2. The van der Waals surface area contributed by atoms with Crippen LogP contribution in [0.15, 0.2) is 47.1 Å². The number of hydrogen-bond donors (Lipinski definition) is 2. The predicted molar refractivity (Wildman–Crippen MR) is 99.2 cm³/mol. The van der Waals surface area contributed by atoms with Gasteiger partial charge < -0.3 is 19.8 Å². The smallest absolute Gasteiger partial charge is 0.319 e. The molecule has 0 aliphatic carbocycles.